The van der Waals surface area contributed by atoms with Crippen molar-refractivity contribution in [2.24, 2.45) is 0 Å². The molecule has 1 atom stereocenters. The molecule has 4 rings (SSSR count). The number of benzene rings is 2. The van der Waals surface area contributed by atoms with Crippen molar-refractivity contribution in [2.75, 3.05) is 63.1 Å². The van der Waals surface area contributed by atoms with Crippen molar-refractivity contribution in [2.45, 2.75) is 12.5 Å². The zero-order valence-corrected chi connectivity index (χ0v) is 21.3. The lowest BCUT2D eigenvalue weighted by atomic mass is 10.1. The van der Waals surface area contributed by atoms with Gasteiger partial charge in [0, 0.05) is 55.1 Å². The second-order valence-corrected chi connectivity index (χ2v) is 9.53. The van der Waals surface area contributed by atoms with Gasteiger partial charge in [-0.25, -0.2) is 0 Å². The molecule has 3 amide bonds. The number of hydrogen-bond acceptors (Lipinski definition) is 6. The van der Waals surface area contributed by atoms with E-state index in [2.05, 4.69) is 36.4 Å². The molecule has 2 aliphatic heterocycles. The maximum atomic E-state index is 13.2. The van der Waals surface area contributed by atoms with Crippen molar-refractivity contribution < 1.29 is 19.1 Å². The fourth-order valence-electron chi connectivity index (χ4n) is 4.38. The number of methoxy groups -OCH3 is 1. The molecule has 2 saturated heterocycles. The second-order valence-electron chi connectivity index (χ2n) is 8.61. The topological polar surface area (TPSA) is 94.2 Å². The smallest absolute Gasteiger partial charge is 0.243 e. The summed E-state index contributed by atoms with van der Waals surface area (Å²) in [5, 5.41) is 5.59. The number of nitrogens with one attached hydrogen (secondary N) is 2. The summed E-state index contributed by atoms with van der Waals surface area (Å²) in [4.78, 5) is 44.3. The predicted octanol–water partition coefficient (Wildman–Crippen LogP) is 1.94. The first-order valence-electron chi connectivity index (χ1n) is 11.7. The van der Waals surface area contributed by atoms with Gasteiger partial charge < -0.3 is 25.2 Å². The van der Waals surface area contributed by atoms with Crippen LogP contribution in [0.1, 0.15) is 6.42 Å². The Balaban J connectivity index is 1.31. The maximum absolute atomic E-state index is 13.2. The van der Waals surface area contributed by atoms with Gasteiger partial charge in [-0.3, -0.25) is 19.3 Å². The molecule has 2 heterocycles. The Morgan fingerprint density at radius 1 is 1.03 bits per heavy atom. The van der Waals surface area contributed by atoms with Gasteiger partial charge in [-0.1, -0.05) is 15.9 Å². The Bertz CT molecular complexity index is 1040. The summed E-state index contributed by atoms with van der Waals surface area (Å²) in [5.74, 6) is 0.1000. The largest absolute Gasteiger partial charge is 0.497 e. The fraction of sp³-hybridized carbons (Fsp3) is 0.400. The molecule has 35 heavy (non-hydrogen) atoms. The minimum absolute atomic E-state index is 0.0844. The Hall–Kier alpha value is -3.11. The molecule has 0 aliphatic carbocycles. The molecule has 2 aromatic carbocycles. The number of piperazine rings is 2. The second kappa shape index (κ2) is 11.5. The molecule has 0 aromatic heterocycles. The van der Waals surface area contributed by atoms with Gasteiger partial charge in [0.1, 0.15) is 11.8 Å². The summed E-state index contributed by atoms with van der Waals surface area (Å²) < 4.78 is 6.13. The van der Waals surface area contributed by atoms with Gasteiger partial charge in [-0.2, -0.15) is 0 Å². The van der Waals surface area contributed by atoms with E-state index >= 15 is 0 Å². The monoisotopic (exact) mass is 543 g/mol. The normalized spacial score (nSPS) is 18.7. The molecule has 186 valence electrons. The number of halogens is 1. The Morgan fingerprint density at radius 3 is 2.37 bits per heavy atom. The van der Waals surface area contributed by atoms with Crippen LogP contribution in [0, 0.1) is 0 Å². The molecule has 0 unspecified atom stereocenters. The Kier molecular flexibility index (Phi) is 8.25. The van der Waals surface area contributed by atoms with E-state index in [1.807, 2.05) is 36.4 Å². The van der Waals surface area contributed by atoms with Crippen LogP contribution in [-0.2, 0) is 14.4 Å². The van der Waals surface area contributed by atoms with Gasteiger partial charge in [-0.05, 0) is 48.5 Å². The van der Waals surface area contributed by atoms with E-state index in [0.717, 1.165) is 42.1 Å². The molecule has 9 nitrogen and oxygen atoms in total. The third-order valence-electron chi connectivity index (χ3n) is 6.33. The van der Waals surface area contributed by atoms with Crippen LogP contribution in [0.5, 0.6) is 5.75 Å². The molecule has 2 aromatic rings. The molecular weight excluding hydrogens is 514 g/mol. The van der Waals surface area contributed by atoms with Crippen LogP contribution in [0.4, 0.5) is 11.4 Å². The number of nitrogens with zero attached hydrogens (tertiary/aromatic N) is 3. The van der Waals surface area contributed by atoms with Gasteiger partial charge in [0.2, 0.25) is 17.7 Å². The summed E-state index contributed by atoms with van der Waals surface area (Å²) in [7, 11) is 1.65. The van der Waals surface area contributed by atoms with Crippen molar-refractivity contribution in [3.8, 4) is 5.75 Å². The molecule has 0 spiro atoms. The Labute approximate surface area is 213 Å². The highest BCUT2D eigenvalue weighted by molar-refractivity contribution is 9.10. The minimum Gasteiger partial charge on any atom is -0.497 e. The van der Waals surface area contributed by atoms with E-state index in [1.54, 1.807) is 24.1 Å². The number of rotatable bonds is 7. The summed E-state index contributed by atoms with van der Waals surface area (Å²) in [6, 6.07) is 14.4. The SMILES string of the molecule is COc1ccc(N2CCN(CC(=O)N3CCNC(=O)[C@@H]3CC(=O)Nc3ccc(Br)cc3)CC2)cc1. The number of amides is 3. The number of carbonyl (C=O) groups excluding carboxylic acids is 3. The van der Waals surface area contributed by atoms with Crippen LogP contribution in [0.15, 0.2) is 53.0 Å². The quantitative estimate of drug-likeness (QED) is 0.554. The molecule has 2 N–H and O–H groups in total. The van der Waals surface area contributed by atoms with Crippen LogP contribution in [0.25, 0.3) is 0 Å². The molecule has 0 bridgehead atoms. The molecule has 0 saturated carbocycles. The third-order valence-corrected chi connectivity index (χ3v) is 6.86. The molecule has 0 radical (unpaired) electrons. The highest BCUT2D eigenvalue weighted by Crippen LogP contribution is 2.21. The van der Waals surface area contributed by atoms with E-state index in [-0.39, 0.29) is 30.7 Å². The Morgan fingerprint density at radius 2 is 1.71 bits per heavy atom. The van der Waals surface area contributed by atoms with Gasteiger partial charge in [0.05, 0.1) is 20.1 Å². The lowest BCUT2D eigenvalue weighted by molar-refractivity contribution is -0.145. The van der Waals surface area contributed by atoms with Crippen molar-refractivity contribution in [1.29, 1.82) is 0 Å². The summed E-state index contributed by atoms with van der Waals surface area (Å²) in [5.41, 5.74) is 1.77. The first-order valence-corrected chi connectivity index (χ1v) is 12.5. The molecule has 10 heteroatoms. The van der Waals surface area contributed by atoms with Crippen LogP contribution < -0.4 is 20.3 Å². The predicted molar refractivity (Wildman–Crippen MR) is 138 cm³/mol. The molecular formula is C25H30BrN5O4. The van der Waals surface area contributed by atoms with Crippen molar-refractivity contribution in [1.82, 2.24) is 15.1 Å². The summed E-state index contributed by atoms with van der Waals surface area (Å²) >= 11 is 3.36. The van der Waals surface area contributed by atoms with Gasteiger partial charge >= 0.3 is 0 Å². The van der Waals surface area contributed by atoms with Crippen molar-refractivity contribution in [3.05, 3.63) is 53.0 Å². The van der Waals surface area contributed by atoms with Gasteiger partial charge in [-0.15, -0.1) is 0 Å². The van der Waals surface area contributed by atoms with E-state index in [0.29, 0.717) is 18.8 Å². The van der Waals surface area contributed by atoms with Gasteiger partial charge in [0.25, 0.3) is 0 Å². The van der Waals surface area contributed by atoms with Gasteiger partial charge in [0.15, 0.2) is 0 Å². The highest BCUT2D eigenvalue weighted by atomic mass is 79.9. The molecule has 2 fully saturated rings. The first kappa shape index (κ1) is 25.0. The van der Waals surface area contributed by atoms with E-state index < -0.39 is 6.04 Å². The third kappa shape index (κ3) is 6.52. The average molecular weight is 544 g/mol. The first-order chi connectivity index (χ1) is 16.9. The molecule has 2 aliphatic rings. The number of carbonyl (C=O) groups is 3. The number of ether oxygens (including phenoxy) is 1. The number of hydrogen-bond donors (Lipinski definition) is 2. The van der Waals surface area contributed by atoms with E-state index in [4.69, 9.17) is 4.74 Å². The standard InChI is InChI=1S/C25H30BrN5O4/c1-35-21-8-6-20(7-9-21)30-14-12-29(13-15-30)17-24(33)31-11-10-27-25(34)22(31)16-23(32)28-19-4-2-18(26)3-5-19/h2-9,22H,10-17H2,1H3,(H,27,34)(H,28,32)/t22-/m0/s1. The van der Waals surface area contributed by atoms with E-state index in [1.165, 1.54) is 0 Å². The van der Waals surface area contributed by atoms with E-state index in [9.17, 15) is 14.4 Å². The summed E-state index contributed by atoms with van der Waals surface area (Å²) in [6.45, 7) is 4.11. The lowest BCUT2D eigenvalue weighted by Gasteiger charge is -2.39. The average Bonchev–Trinajstić information content (AvgIpc) is 2.87. The van der Waals surface area contributed by atoms with Crippen molar-refractivity contribution in [3.63, 3.8) is 0 Å². The highest BCUT2D eigenvalue weighted by Gasteiger charge is 2.35. The minimum atomic E-state index is -0.813. The van der Waals surface area contributed by atoms with Crippen LogP contribution in [0.3, 0.4) is 0 Å². The summed E-state index contributed by atoms with van der Waals surface area (Å²) in [6.07, 6.45) is -0.0844. The van der Waals surface area contributed by atoms with Crippen LogP contribution in [-0.4, -0.2) is 86.5 Å². The van der Waals surface area contributed by atoms with Crippen molar-refractivity contribution >= 4 is 45.0 Å². The van der Waals surface area contributed by atoms with Crippen LogP contribution in [0.2, 0.25) is 0 Å². The lowest BCUT2D eigenvalue weighted by Crippen LogP contribution is -2.60. The maximum Gasteiger partial charge on any atom is 0.243 e. The zero-order valence-electron chi connectivity index (χ0n) is 19.7. The zero-order chi connectivity index (χ0) is 24.8. The van der Waals surface area contributed by atoms with Crippen LogP contribution >= 0.6 is 15.9 Å². The fourth-order valence-corrected chi connectivity index (χ4v) is 4.64. The number of anilines is 2.